The molecule has 0 aliphatic carbocycles. The minimum absolute atomic E-state index is 0.332. The van der Waals surface area contributed by atoms with Crippen molar-refractivity contribution < 1.29 is 4.79 Å². The Kier molecular flexibility index (Phi) is 5.45. The first-order chi connectivity index (χ1) is 8.79. The van der Waals surface area contributed by atoms with E-state index in [1.807, 2.05) is 4.90 Å². The van der Waals surface area contributed by atoms with Crippen molar-refractivity contribution in [3.05, 3.63) is 0 Å². The average Bonchev–Trinajstić information content (AvgIpc) is 2.93. The highest BCUT2D eigenvalue weighted by Gasteiger charge is 2.22. The van der Waals surface area contributed by atoms with Crippen LogP contribution < -0.4 is 5.32 Å². The van der Waals surface area contributed by atoms with E-state index in [-0.39, 0.29) is 0 Å². The number of carbonyl (C=O) groups excluding carboxylic acids is 1. The Morgan fingerprint density at radius 1 is 1.33 bits per heavy atom. The molecule has 2 saturated heterocycles. The Balaban J connectivity index is 1.75. The lowest BCUT2D eigenvalue weighted by Gasteiger charge is -2.30. The summed E-state index contributed by atoms with van der Waals surface area (Å²) in [7, 11) is 0. The Labute approximate surface area is 111 Å². The number of carbonyl (C=O) groups is 1. The maximum Gasteiger partial charge on any atom is 0.236 e. The number of hydrogen-bond acceptors (Lipinski definition) is 3. The maximum absolute atomic E-state index is 12.1. The van der Waals surface area contributed by atoms with Gasteiger partial charge in [0, 0.05) is 19.6 Å². The molecule has 0 saturated carbocycles. The second kappa shape index (κ2) is 7.10. The number of nitrogens with zero attached hydrogens (tertiary/aromatic N) is 2. The van der Waals surface area contributed by atoms with Crippen LogP contribution in [0.25, 0.3) is 0 Å². The van der Waals surface area contributed by atoms with Gasteiger partial charge in [0.25, 0.3) is 0 Å². The fourth-order valence-electron chi connectivity index (χ4n) is 3.01. The Hall–Kier alpha value is -0.610. The van der Waals surface area contributed by atoms with Gasteiger partial charge in [0.15, 0.2) is 0 Å². The van der Waals surface area contributed by atoms with Gasteiger partial charge < -0.3 is 10.2 Å². The zero-order valence-corrected chi connectivity index (χ0v) is 11.7. The van der Waals surface area contributed by atoms with E-state index in [2.05, 4.69) is 17.1 Å². The molecule has 0 bridgehead atoms. The summed E-state index contributed by atoms with van der Waals surface area (Å²) in [6.45, 7) is 9.06. The van der Waals surface area contributed by atoms with Crippen LogP contribution in [0.5, 0.6) is 0 Å². The smallest absolute Gasteiger partial charge is 0.236 e. The van der Waals surface area contributed by atoms with Gasteiger partial charge in [0.1, 0.15) is 0 Å². The van der Waals surface area contributed by atoms with Crippen LogP contribution in [0.2, 0.25) is 0 Å². The number of likely N-dealkylation sites (tertiary alicyclic amines) is 1. The van der Waals surface area contributed by atoms with E-state index < -0.39 is 0 Å². The average molecular weight is 253 g/mol. The predicted octanol–water partition coefficient (Wildman–Crippen LogP) is 0.930. The van der Waals surface area contributed by atoms with Gasteiger partial charge >= 0.3 is 0 Å². The van der Waals surface area contributed by atoms with Crippen LogP contribution in [-0.4, -0.2) is 61.5 Å². The Morgan fingerprint density at radius 3 is 2.72 bits per heavy atom. The summed E-state index contributed by atoms with van der Waals surface area (Å²) in [5.41, 5.74) is 0. The largest absolute Gasteiger partial charge is 0.342 e. The molecule has 4 nitrogen and oxygen atoms in total. The topological polar surface area (TPSA) is 35.6 Å². The Bertz CT molecular complexity index is 258. The van der Waals surface area contributed by atoms with E-state index in [0.29, 0.717) is 12.5 Å². The summed E-state index contributed by atoms with van der Waals surface area (Å²) >= 11 is 0. The second-order valence-corrected chi connectivity index (χ2v) is 5.63. The molecule has 0 aromatic heterocycles. The van der Waals surface area contributed by atoms with E-state index in [1.165, 1.54) is 25.7 Å². The maximum atomic E-state index is 12.1. The van der Waals surface area contributed by atoms with Crippen molar-refractivity contribution in [3.8, 4) is 0 Å². The first-order valence-corrected chi connectivity index (χ1v) is 7.50. The lowest BCUT2D eigenvalue weighted by Crippen LogP contribution is -2.43. The molecule has 18 heavy (non-hydrogen) atoms. The zero-order chi connectivity index (χ0) is 12.8. The van der Waals surface area contributed by atoms with Crippen LogP contribution in [-0.2, 0) is 4.79 Å². The summed E-state index contributed by atoms with van der Waals surface area (Å²) in [4.78, 5) is 16.5. The number of likely N-dealkylation sites (N-methyl/N-ethyl adjacent to an activating group) is 1. The second-order valence-electron chi connectivity index (χ2n) is 5.63. The summed E-state index contributed by atoms with van der Waals surface area (Å²) in [5.74, 6) is 1.06. The molecule has 1 unspecified atom stereocenters. The van der Waals surface area contributed by atoms with Crippen molar-refractivity contribution >= 4 is 5.91 Å². The van der Waals surface area contributed by atoms with Crippen LogP contribution in [0, 0.1) is 5.92 Å². The number of rotatable bonds is 5. The zero-order valence-electron chi connectivity index (χ0n) is 11.7. The van der Waals surface area contributed by atoms with Gasteiger partial charge in [-0.15, -0.1) is 0 Å². The van der Waals surface area contributed by atoms with Gasteiger partial charge in [0.2, 0.25) is 5.91 Å². The monoisotopic (exact) mass is 253 g/mol. The normalized spacial score (nSPS) is 24.8. The SMILES string of the molecule is CCN(CC(=O)N1CCCC1)CC1CCCNC1. The molecule has 2 fully saturated rings. The number of piperidine rings is 1. The number of amides is 1. The third-order valence-corrected chi connectivity index (χ3v) is 4.18. The van der Waals surface area contributed by atoms with Crippen molar-refractivity contribution in [3.63, 3.8) is 0 Å². The van der Waals surface area contributed by atoms with Crippen LogP contribution in [0.1, 0.15) is 32.6 Å². The third-order valence-electron chi connectivity index (χ3n) is 4.18. The molecule has 2 aliphatic rings. The minimum atomic E-state index is 0.332. The van der Waals surface area contributed by atoms with Crippen LogP contribution in [0.4, 0.5) is 0 Å². The molecule has 1 atom stereocenters. The van der Waals surface area contributed by atoms with Gasteiger partial charge in [-0.05, 0) is 51.2 Å². The molecule has 2 aliphatic heterocycles. The van der Waals surface area contributed by atoms with E-state index >= 15 is 0 Å². The van der Waals surface area contributed by atoms with Crippen molar-refractivity contribution in [2.75, 3.05) is 45.8 Å². The molecule has 0 aromatic rings. The van der Waals surface area contributed by atoms with E-state index in [0.717, 1.165) is 45.2 Å². The third kappa shape index (κ3) is 3.95. The first-order valence-electron chi connectivity index (χ1n) is 7.50. The van der Waals surface area contributed by atoms with E-state index in [9.17, 15) is 4.79 Å². The van der Waals surface area contributed by atoms with Crippen LogP contribution in [0.3, 0.4) is 0 Å². The van der Waals surface area contributed by atoms with Gasteiger partial charge in [-0.2, -0.15) is 0 Å². The van der Waals surface area contributed by atoms with Gasteiger partial charge in [-0.3, -0.25) is 9.69 Å². The molecule has 0 spiro atoms. The summed E-state index contributed by atoms with van der Waals surface area (Å²) in [6.07, 6.45) is 4.96. The van der Waals surface area contributed by atoms with Crippen LogP contribution >= 0.6 is 0 Å². The summed E-state index contributed by atoms with van der Waals surface area (Å²) in [5, 5.41) is 3.45. The number of hydrogen-bond donors (Lipinski definition) is 1. The standard InChI is InChI=1S/C14H27N3O/c1-2-16(11-13-6-5-7-15-10-13)12-14(18)17-8-3-4-9-17/h13,15H,2-12H2,1H3. The van der Waals surface area contributed by atoms with Gasteiger partial charge in [0.05, 0.1) is 6.54 Å². The van der Waals surface area contributed by atoms with Crippen molar-refractivity contribution in [1.29, 1.82) is 0 Å². The van der Waals surface area contributed by atoms with E-state index in [1.54, 1.807) is 0 Å². The van der Waals surface area contributed by atoms with Crippen molar-refractivity contribution in [1.82, 2.24) is 15.1 Å². The van der Waals surface area contributed by atoms with E-state index in [4.69, 9.17) is 0 Å². The first kappa shape index (κ1) is 13.8. The molecule has 104 valence electrons. The van der Waals surface area contributed by atoms with Crippen molar-refractivity contribution in [2.24, 2.45) is 5.92 Å². The molecular formula is C14H27N3O. The fraction of sp³-hybridized carbons (Fsp3) is 0.929. The summed E-state index contributed by atoms with van der Waals surface area (Å²) < 4.78 is 0. The number of nitrogens with one attached hydrogen (secondary N) is 1. The quantitative estimate of drug-likeness (QED) is 0.792. The lowest BCUT2D eigenvalue weighted by molar-refractivity contribution is -0.131. The molecule has 0 radical (unpaired) electrons. The molecule has 4 heteroatoms. The molecule has 2 heterocycles. The van der Waals surface area contributed by atoms with Gasteiger partial charge in [-0.25, -0.2) is 0 Å². The highest BCUT2D eigenvalue weighted by atomic mass is 16.2. The molecule has 1 amide bonds. The predicted molar refractivity (Wildman–Crippen MR) is 73.5 cm³/mol. The Morgan fingerprint density at radius 2 is 2.11 bits per heavy atom. The van der Waals surface area contributed by atoms with Crippen molar-refractivity contribution in [2.45, 2.75) is 32.6 Å². The molecule has 1 N–H and O–H groups in total. The summed E-state index contributed by atoms with van der Waals surface area (Å²) in [6, 6.07) is 0. The van der Waals surface area contributed by atoms with Gasteiger partial charge in [-0.1, -0.05) is 6.92 Å². The fourth-order valence-corrected chi connectivity index (χ4v) is 3.01. The lowest BCUT2D eigenvalue weighted by atomic mass is 9.99. The minimum Gasteiger partial charge on any atom is -0.342 e. The molecule has 2 rings (SSSR count). The highest BCUT2D eigenvalue weighted by molar-refractivity contribution is 5.78. The molecular weight excluding hydrogens is 226 g/mol. The highest BCUT2D eigenvalue weighted by Crippen LogP contribution is 2.13. The molecule has 0 aromatic carbocycles. The van der Waals surface area contributed by atoms with Crippen LogP contribution in [0.15, 0.2) is 0 Å².